The van der Waals surface area contributed by atoms with E-state index in [0.717, 1.165) is 13.0 Å². The van der Waals surface area contributed by atoms with E-state index >= 15 is 0 Å². The third-order valence-corrected chi connectivity index (χ3v) is 6.32. The number of imidazole rings is 1. The highest BCUT2D eigenvalue weighted by Gasteiger charge is 2.37. The summed E-state index contributed by atoms with van der Waals surface area (Å²) in [6.45, 7) is 4.57. The molecule has 0 N–H and O–H groups in total. The number of hydrogen-bond acceptors (Lipinski definition) is 4. The zero-order valence-corrected chi connectivity index (χ0v) is 12.7. The van der Waals surface area contributed by atoms with Gasteiger partial charge >= 0.3 is 0 Å². The molecule has 2 atom stereocenters. The third-order valence-electron chi connectivity index (χ3n) is 4.04. The molecule has 0 bridgehead atoms. The fraction of sp³-hybridized carbons (Fsp3) is 0.692. The number of aromatic nitrogens is 2. The second-order valence-corrected chi connectivity index (χ2v) is 7.78. The molecule has 0 spiro atoms. The summed E-state index contributed by atoms with van der Waals surface area (Å²) < 4.78 is 25.5. The molecule has 1 saturated heterocycles. The molecule has 0 aromatic carbocycles. The zero-order chi connectivity index (χ0) is 14.8. The van der Waals surface area contributed by atoms with Crippen molar-refractivity contribution in [3.05, 3.63) is 18.7 Å². The summed E-state index contributed by atoms with van der Waals surface area (Å²) in [5.74, 6) is 0.116. The molecule has 0 radical (unpaired) electrons. The van der Waals surface area contributed by atoms with Crippen molar-refractivity contribution in [1.82, 2.24) is 14.5 Å². The fourth-order valence-electron chi connectivity index (χ4n) is 2.50. The molecular formula is C13H21N3O3S. The summed E-state index contributed by atoms with van der Waals surface area (Å²) in [6.07, 6.45) is 6.47. The van der Waals surface area contributed by atoms with Gasteiger partial charge in [-0.3, -0.25) is 4.79 Å². The molecule has 2 rings (SSSR count). The summed E-state index contributed by atoms with van der Waals surface area (Å²) >= 11 is 0. The van der Waals surface area contributed by atoms with Crippen LogP contribution in [-0.2, 0) is 21.2 Å². The van der Waals surface area contributed by atoms with Crippen molar-refractivity contribution in [2.45, 2.75) is 44.5 Å². The predicted octanol–water partition coefficient (Wildman–Crippen LogP) is 0.697. The Hall–Kier alpha value is -1.37. The largest absolute Gasteiger partial charge is 0.338 e. The van der Waals surface area contributed by atoms with Crippen LogP contribution in [0.1, 0.15) is 26.7 Å². The van der Waals surface area contributed by atoms with E-state index in [9.17, 15) is 13.2 Å². The van der Waals surface area contributed by atoms with Crippen LogP contribution in [-0.4, -0.2) is 52.4 Å². The van der Waals surface area contributed by atoms with Crippen LogP contribution in [0.2, 0.25) is 0 Å². The highest BCUT2D eigenvalue weighted by molar-refractivity contribution is 7.92. The van der Waals surface area contributed by atoms with Gasteiger partial charge in [0.05, 0.1) is 17.3 Å². The van der Waals surface area contributed by atoms with E-state index in [0.29, 0.717) is 13.0 Å². The van der Waals surface area contributed by atoms with Gasteiger partial charge in [-0.2, -0.15) is 0 Å². The fourth-order valence-corrected chi connectivity index (χ4v) is 4.07. The van der Waals surface area contributed by atoms with Crippen LogP contribution >= 0.6 is 0 Å². The first kappa shape index (κ1) is 15.0. The molecule has 2 unspecified atom stereocenters. The lowest BCUT2D eigenvalue weighted by Crippen LogP contribution is -2.54. The Labute approximate surface area is 119 Å². The lowest BCUT2D eigenvalue weighted by Gasteiger charge is -2.37. The van der Waals surface area contributed by atoms with Crippen LogP contribution in [0, 0.1) is 0 Å². The van der Waals surface area contributed by atoms with Crippen molar-refractivity contribution in [1.29, 1.82) is 0 Å². The topological polar surface area (TPSA) is 72.3 Å². The molecule has 0 aliphatic carbocycles. The number of carbonyl (C=O) groups excluding carboxylic acids is 1. The van der Waals surface area contributed by atoms with E-state index in [1.807, 2.05) is 17.7 Å². The molecule has 0 saturated carbocycles. The Morgan fingerprint density at radius 1 is 1.40 bits per heavy atom. The van der Waals surface area contributed by atoms with Crippen molar-refractivity contribution in [3.63, 3.8) is 0 Å². The average molecular weight is 299 g/mol. The summed E-state index contributed by atoms with van der Waals surface area (Å²) in [5, 5.41) is -0.478. The van der Waals surface area contributed by atoms with Gasteiger partial charge in [0, 0.05) is 37.9 Å². The summed E-state index contributed by atoms with van der Waals surface area (Å²) in [5.41, 5.74) is 0. The maximum absolute atomic E-state index is 12.2. The molecule has 6 nitrogen and oxygen atoms in total. The van der Waals surface area contributed by atoms with E-state index in [1.165, 1.54) is 0 Å². The van der Waals surface area contributed by atoms with Crippen molar-refractivity contribution < 1.29 is 13.2 Å². The number of nitrogens with zero attached hydrogens (tertiary/aromatic N) is 3. The number of amides is 1. The highest BCUT2D eigenvalue weighted by atomic mass is 32.2. The first-order chi connectivity index (χ1) is 9.42. The van der Waals surface area contributed by atoms with E-state index in [-0.39, 0.29) is 17.7 Å². The molecule has 1 fully saturated rings. The van der Waals surface area contributed by atoms with E-state index in [4.69, 9.17) is 0 Å². The second kappa shape index (κ2) is 5.95. The SMILES string of the molecule is CC1C(C)S(=O)(=O)CCN1C(=O)CCCn1ccnc1. The van der Waals surface area contributed by atoms with Gasteiger partial charge in [-0.05, 0) is 20.3 Å². The number of aryl methyl sites for hydroxylation is 1. The molecule has 7 heteroatoms. The number of carbonyl (C=O) groups is 1. The highest BCUT2D eigenvalue weighted by Crippen LogP contribution is 2.20. The first-order valence-corrected chi connectivity index (χ1v) is 8.60. The molecule has 1 aliphatic heterocycles. The molecule has 1 aromatic rings. The Kier molecular flexibility index (Phi) is 4.47. The van der Waals surface area contributed by atoms with Crippen molar-refractivity contribution in [3.8, 4) is 0 Å². The molecule has 1 amide bonds. The minimum absolute atomic E-state index is 0.0411. The standard InChI is InChI=1S/C13H21N3O3S/c1-11-12(2)20(18,19)9-8-16(11)13(17)4-3-6-15-7-5-14-10-15/h5,7,10-12H,3-4,6,8-9H2,1-2H3. The van der Waals surface area contributed by atoms with Crippen LogP contribution in [0.25, 0.3) is 0 Å². The van der Waals surface area contributed by atoms with Gasteiger partial charge in [0.15, 0.2) is 9.84 Å². The van der Waals surface area contributed by atoms with Gasteiger partial charge in [-0.1, -0.05) is 0 Å². The number of hydrogen-bond donors (Lipinski definition) is 0. The molecule has 20 heavy (non-hydrogen) atoms. The Morgan fingerprint density at radius 2 is 2.15 bits per heavy atom. The summed E-state index contributed by atoms with van der Waals surface area (Å²) in [4.78, 5) is 17.9. The van der Waals surface area contributed by atoms with Gasteiger partial charge in [0.2, 0.25) is 5.91 Å². The van der Waals surface area contributed by atoms with Crippen LogP contribution in [0.3, 0.4) is 0 Å². The molecule has 1 aromatic heterocycles. The molecule has 1 aliphatic rings. The Balaban J connectivity index is 1.86. The molecular weight excluding hydrogens is 278 g/mol. The molecule has 2 heterocycles. The second-order valence-electron chi connectivity index (χ2n) is 5.30. The summed E-state index contributed by atoms with van der Waals surface area (Å²) in [7, 11) is -3.04. The van der Waals surface area contributed by atoms with Crippen molar-refractivity contribution in [2.75, 3.05) is 12.3 Å². The average Bonchev–Trinajstić information content (AvgIpc) is 2.89. The van der Waals surface area contributed by atoms with Crippen LogP contribution in [0.5, 0.6) is 0 Å². The quantitative estimate of drug-likeness (QED) is 0.820. The Morgan fingerprint density at radius 3 is 2.80 bits per heavy atom. The monoisotopic (exact) mass is 299 g/mol. The maximum Gasteiger partial charge on any atom is 0.222 e. The van der Waals surface area contributed by atoms with Crippen molar-refractivity contribution in [2.24, 2.45) is 0 Å². The van der Waals surface area contributed by atoms with E-state index < -0.39 is 15.1 Å². The van der Waals surface area contributed by atoms with Gasteiger partial charge in [0.1, 0.15) is 0 Å². The zero-order valence-electron chi connectivity index (χ0n) is 11.9. The van der Waals surface area contributed by atoms with Gasteiger partial charge in [0.25, 0.3) is 0 Å². The number of rotatable bonds is 4. The summed E-state index contributed by atoms with van der Waals surface area (Å²) in [6, 6.07) is -0.241. The van der Waals surface area contributed by atoms with Crippen LogP contribution < -0.4 is 0 Å². The maximum atomic E-state index is 12.2. The van der Waals surface area contributed by atoms with Crippen LogP contribution in [0.15, 0.2) is 18.7 Å². The third kappa shape index (κ3) is 3.20. The minimum atomic E-state index is -3.04. The molecule has 112 valence electrons. The lowest BCUT2D eigenvalue weighted by atomic mass is 10.1. The first-order valence-electron chi connectivity index (χ1n) is 6.88. The number of sulfone groups is 1. The van der Waals surface area contributed by atoms with Crippen LogP contribution in [0.4, 0.5) is 0 Å². The minimum Gasteiger partial charge on any atom is -0.338 e. The smallest absolute Gasteiger partial charge is 0.222 e. The normalized spacial score (nSPS) is 25.6. The van der Waals surface area contributed by atoms with E-state index in [2.05, 4.69) is 4.98 Å². The Bertz CT molecular complexity index is 553. The predicted molar refractivity (Wildman–Crippen MR) is 75.9 cm³/mol. The van der Waals surface area contributed by atoms with E-state index in [1.54, 1.807) is 24.3 Å². The lowest BCUT2D eigenvalue weighted by molar-refractivity contribution is -0.133. The van der Waals surface area contributed by atoms with Crippen molar-refractivity contribution >= 4 is 15.7 Å². The van der Waals surface area contributed by atoms with Gasteiger partial charge < -0.3 is 9.47 Å². The van der Waals surface area contributed by atoms with Gasteiger partial charge in [-0.15, -0.1) is 0 Å². The van der Waals surface area contributed by atoms with Gasteiger partial charge in [-0.25, -0.2) is 13.4 Å².